The van der Waals surface area contributed by atoms with E-state index in [1.54, 1.807) is 0 Å². The molecule has 0 saturated heterocycles. The minimum absolute atomic E-state index is 0.152. The normalized spacial score (nSPS) is 11.8. The average molecular weight is 859 g/mol. The Labute approximate surface area is 393 Å². The first-order valence-corrected chi connectivity index (χ1v) is 23.4. The van der Waals surface area contributed by atoms with Gasteiger partial charge in [0.25, 0.3) is 0 Å². The van der Waals surface area contributed by atoms with Crippen molar-refractivity contribution in [3.63, 3.8) is 0 Å². The zero-order chi connectivity index (χ0) is 46.2. The molecule has 0 aliphatic heterocycles. The van der Waals surface area contributed by atoms with Crippen LogP contribution in [-0.2, 0) is 5.41 Å². The maximum Gasteiger partial charge on any atom is 0.0544 e. The van der Waals surface area contributed by atoms with Crippen LogP contribution in [0.25, 0.3) is 66.3 Å². The van der Waals surface area contributed by atoms with E-state index in [4.69, 9.17) is 0 Å². The van der Waals surface area contributed by atoms with Crippen molar-refractivity contribution in [3.05, 3.63) is 240 Å². The van der Waals surface area contributed by atoms with E-state index >= 15 is 0 Å². The Morgan fingerprint density at radius 3 is 1.42 bits per heavy atom. The topological polar surface area (TPSA) is 19.0 Å². The van der Waals surface area contributed by atoms with E-state index in [2.05, 4.69) is 278 Å². The van der Waals surface area contributed by atoms with Gasteiger partial charge in [-0.25, -0.2) is 0 Å². The summed E-state index contributed by atoms with van der Waals surface area (Å²) < 4.78 is 0. The smallest absolute Gasteiger partial charge is 0.0544 e. The van der Waals surface area contributed by atoms with Crippen LogP contribution >= 0.6 is 0 Å². The highest BCUT2D eigenvalue weighted by molar-refractivity contribution is 6.15. The fourth-order valence-corrected chi connectivity index (χ4v) is 9.31. The number of hydrogen-bond donors (Lipinski definition) is 1. The molecule has 328 valence electrons. The van der Waals surface area contributed by atoms with Crippen LogP contribution in [0, 0.1) is 20.8 Å². The van der Waals surface area contributed by atoms with Crippen molar-refractivity contribution >= 4 is 33.2 Å². The lowest BCUT2D eigenvalue weighted by atomic mass is 9.82. The Morgan fingerprint density at radius 1 is 0.394 bits per heavy atom. The van der Waals surface area contributed by atoms with E-state index in [1.807, 2.05) is 0 Å². The van der Waals surface area contributed by atoms with Gasteiger partial charge in [-0.1, -0.05) is 245 Å². The predicted octanol–water partition coefficient (Wildman–Crippen LogP) is 18.1. The molecule has 66 heavy (non-hydrogen) atoms. The van der Waals surface area contributed by atoms with Gasteiger partial charge in [0, 0.05) is 51.3 Å². The molecule has 0 saturated carbocycles. The fourth-order valence-electron chi connectivity index (χ4n) is 9.31. The maximum atomic E-state index is 3.73. The molecule has 0 spiro atoms. The van der Waals surface area contributed by atoms with Gasteiger partial charge in [-0.05, 0) is 77.4 Å². The lowest BCUT2D eigenvalue weighted by Crippen LogP contribution is -2.14. The van der Waals surface area contributed by atoms with Crippen LogP contribution < -0.4 is 4.90 Å². The summed E-state index contributed by atoms with van der Waals surface area (Å²) in [6.07, 6.45) is 1.25. The number of H-pyrrole nitrogens is 1. The zero-order valence-corrected chi connectivity index (χ0v) is 39.9. The second-order valence-electron chi connectivity index (χ2n) is 18.0. The van der Waals surface area contributed by atoms with Crippen molar-refractivity contribution in [1.29, 1.82) is 0 Å². The number of anilines is 2. The van der Waals surface area contributed by atoms with Crippen LogP contribution in [0.5, 0.6) is 0 Å². The zero-order valence-electron chi connectivity index (χ0n) is 39.9. The number of nitrogens with one attached hydrogen (secondary N) is 1. The van der Waals surface area contributed by atoms with Crippen molar-refractivity contribution < 1.29 is 0 Å². The van der Waals surface area contributed by atoms with Crippen LogP contribution in [0.2, 0.25) is 0 Å². The Kier molecular flexibility index (Phi) is 13.8. The quantitative estimate of drug-likeness (QED) is 0.183. The summed E-state index contributed by atoms with van der Waals surface area (Å²) in [7, 11) is 2.13. The number of aromatic amines is 1. The van der Waals surface area contributed by atoms with Gasteiger partial charge in [-0.2, -0.15) is 0 Å². The number of nitrogens with zero attached hydrogens (tertiary/aromatic N) is 1. The van der Waals surface area contributed by atoms with Gasteiger partial charge in [-0.15, -0.1) is 0 Å². The highest BCUT2D eigenvalue weighted by Gasteiger charge is 2.34. The summed E-state index contributed by atoms with van der Waals surface area (Å²) in [4.78, 5) is 5.99. The molecule has 1 aliphatic carbocycles. The van der Waals surface area contributed by atoms with Crippen molar-refractivity contribution in [2.24, 2.45) is 0 Å². The van der Waals surface area contributed by atoms with Gasteiger partial charge in [0.1, 0.15) is 0 Å². The molecule has 0 amide bonds. The van der Waals surface area contributed by atoms with Crippen molar-refractivity contribution in [2.75, 3.05) is 11.9 Å². The number of para-hydroxylation sites is 4. The number of aromatic nitrogens is 1. The largest absolute Gasteiger partial charge is 0.353 e. The Morgan fingerprint density at radius 2 is 0.833 bits per heavy atom. The highest BCUT2D eigenvalue weighted by atomic mass is 15.1. The molecule has 0 radical (unpaired) electrons. The molecule has 0 fully saturated rings. The molecule has 1 N–H and O–H groups in total. The third kappa shape index (κ3) is 9.37. The van der Waals surface area contributed by atoms with E-state index < -0.39 is 0 Å². The number of hydrogen-bond acceptors (Lipinski definition) is 1. The van der Waals surface area contributed by atoms with Crippen molar-refractivity contribution in [1.82, 2.24) is 4.98 Å². The van der Waals surface area contributed by atoms with Gasteiger partial charge >= 0.3 is 0 Å². The van der Waals surface area contributed by atoms with Crippen LogP contribution in [0.4, 0.5) is 11.4 Å². The van der Waals surface area contributed by atoms with Crippen molar-refractivity contribution in [2.45, 2.75) is 60.3 Å². The third-order valence-corrected chi connectivity index (χ3v) is 12.7. The first-order chi connectivity index (χ1) is 32.1. The van der Waals surface area contributed by atoms with Crippen LogP contribution in [0.15, 0.2) is 212 Å². The minimum Gasteiger partial charge on any atom is -0.353 e. The SMILES string of the molecule is CCC.Cc1ccc(-c2cccc3c2[nH]c2c(-c4ccccc4)cccc23)cc1.Cc1ccc2c(c1)-c1ccccc1C2(C)C.Cc1ccccc1N(C)c1ccccc1-c1ccccc1. The number of aryl methyl sites for hydroxylation is 3. The number of fused-ring (bicyclic) bond motifs is 6. The van der Waals surface area contributed by atoms with Crippen LogP contribution in [0.3, 0.4) is 0 Å². The molecular weight excluding hydrogens is 797 g/mol. The Balaban J connectivity index is 0.000000134. The minimum atomic E-state index is 0.152. The number of benzene rings is 9. The molecule has 9 aromatic carbocycles. The summed E-state index contributed by atoms with van der Waals surface area (Å²) in [6, 6.07) is 75.6. The molecule has 0 unspecified atom stereocenters. The second-order valence-corrected chi connectivity index (χ2v) is 18.0. The summed E-state index contributed by atoms with van der Waals surface area (Å²) in [5, 5.41) is 2.55. The molecule has 1 heterocycles. The van der Waals surface area contributed by atoms with Gasteiger partial charge < -0.3 is 9.88 Å². The lowest BCUT2D eigenvalue weighted by molar-refractivity contribution is 0.660. The van der Waals surface area contributed by atoms with Crippen molar-refractivity contribution in [3.8, 4) is 44.5 Å². The maximum absolute atomic E-state index is 3.73. The summed E-state index contributed by atoms with van der Waals surface area (Å²) in [5.41, 5.74) is 22.1. The molecule has 0 atom stereocenters. The lowest BCUT2D eigenvalue weighted by Gasteiger charge is -2.24. The number of rotatable bonds is 5. The monoisotopic (exact) mass is 858 g/mol. The first-order valence-electron chi connectivity index (χ1n) is 23.4. The Bertz CT molecular complexity index is 3190. The molecule has 11 rings (SSSR count). The molecule has 2 nitrogen and oxygen atoms in total. The van der Waals surface area contributed by atoms with E-state index in [0.717, 1.165) is 0 Å². The second kappa shape index (κ2) is 20.2. The van der Waals surface area contributed by atoms with Crippen LogP contribution in [-0.4, -0.2) is 12.0 Å². The summed E-state index contributed by atoms with van der Waals surface area (Å²) >= 11 is 0. The molecule has 2 heteroatoms. The average Bonchev–Trinajstić information content (AvgIpc) is 3.85. The molecule has 0 bridgehead atoms. The van der Waals surface area contributed by atoms with E-state index in [1.165, 1.54) is 112 Å². The van der Waals surface area contributed by atoms with Crippen LogP contribution in [0.1, 0.15) is 61.9 Å². The summed E-state index contributed by atoms with van der Waals surface area (Å²) in [5.74, 6) is 0. The Hall–Kier alpha value is -7.42. The van der Waals surface area contributed by atoms with Gasteiger partial charge in [-0.3, -0.25) is 0 Å². The van der Waals surface area contributed by atoms with Gasteiger partial charge in [0.15, 0.2) is 0 Å². The van der Waals surface area contributed by atoms with Gasteiger partial charge in [0.05, 0.1) is 11.0 Å². The van der Waals surface area contributed by atoms with E-state index in [-0.39, 0.29) is 5.41 Å². The molecule has 1 aromatic heterocycles. The predicted molar refractivity (Wildman–Crippen MR) is 287 cm³/mol. The molecule has 1 aliphatic rings. The summed E-state index contributed by atoms with van der Waals surface area (Å²) in [6.45, 7) is 15.3. The molecule has 10 aromatic rings. The third-order valence-electron chi connectivity index (χ3n) is 12.7. The molecular formula is C64H62N2. The highest BCUT2D eigenvalue weighted by Crippen LogP contribution is 2.48. The first kappa shape index (κ1) is 45.2. The van der Waals surface area contributed by atoms with E-state index in [9.17, 15) is 0 Å². The fraction of sp³-hybridized carbons (Fsp3) is 0.156. The van der Waals surface area contributed by atoms with Gasteiger partial charge in [0.2, 0.25) is 0 Å². The standard InChI is InChI=1S/C25H19N.C20H19N.C16H16.C3H8/c1-17-13-15-19(16-14-17)21-10-6-12-23-22-11-5-9-20(24(22)26-25(21)23)18-7-3-2-4-8-18;1-16-10-6-8-14-19(16)21(2)20-15-9-7-13-18(20)17-11-4-3-5-12-17;1-11-8-9-15-13(10-11)12-6-4-5-7-14(12)16(15,2)3;1-3-2/h2-16,26H,1H3;3-15H,1-2H3;4-10H,1-3H3;3H2,1-2H3. The van der Waals surface area contributed by atoms with E-state index in [0.29, 0.717) is 0 Å².